The molecule has 4 nitrogen and oxygen atoms in total. The second-order valence-electron chi connectivity index (χ2n) is 4.91. The molecule has 2 rings (SSSR count). The molecule has 0 bridgehead atoms. The number of rotatable bonds is 6. The van der Waals surface area contributed by atoms with Gasteiger partial charge in [-0.15, -0.1) is 11.3 Å². The molecule has 1 amide bonds. The van der Waals surface area contributed by atoms with Crippen molar-refractivity contribution in [3.8, 4) is 5.75 Å². The van der Waals surface area contributed by atoms with Crippen LogP contribution in [0.15, 0.2) is 35.8 Å². The summed E-state index contributed by atoms with van der Waals surface area (Å²) in [5.74, 6) is 1.28. The summed E-state index contributed by atoms with van der Waals surface area (Å²) in [6, 6.07) is 7.62. The zero-order chi connectivity index (χ0) is 14.4. The highest BCUT2D eigenvalue weighted by molar-refractivity contribution is 7.13. The van der Waals surface area contributed by atoms with Gasteiger partial charge in [0.25, 0.3) is 0 Å². The van der Waals surface area contributed by atoms with Crippen LogP contribution in [0.2, 0.25) is 0 Å². The topological polar surface area (TPSA) is 51.2 Å². The smallest absolute Gasteiger partial charge is 0.230 e. The molecule has 1 aromatic carbocycles. The summed E-state index contributed by atoms with van der Waals surface area (Å²) in [7, 11) is 0. The van der Waals surface area contributed by atoms with Gasteiger partial charge in [0.05, 0.1) is 13.0 Å². The Labute approximate surface area is 122 Å². The zero-order valence-corrected chi connectivity index (χ0v) is 12.4. The minimum Gasteiger partial charge on any atom is -0.493 e. The number of benzene rings is 1. The highest BCUT2D eigenvalue weighted by Gasteiger charge is 2.06. The fourth-order valence-corrected chi connectivity index (χ4v) is 2.15. The van der Waals surface area contributed by atoms with Gasteiger partial charge >= 0.3 is 0 Å². The standard InChI is InChI=1S/C15H18N2O2S/c1-11(2)10-19-13-5-3-12(4-6-13)9-14(18)17-15-16-7-8-20-15/h3-8,11H,9-10H2,1-2H3,(H,16,17,18). The Kier molecular flexibility index (Phi) is 5.12. The fourth-order valence-electron chi connectivity index (χ4n) is 1.60. The summed E-state index contributed by atoms with van der Waals surface area (Å²) in [4.78, 5) is 15.8. The number of hydrogen-bond donors (Lipinski definition) is 1. The van der Waals surface area contributed by atoms with E-state index in [9.17, 15) is 4.79 Å². The Hall–Kier alpha value is -1.88. The first kappa shape index (κ1) is 14.5. The van der Waals surface area contributed by atoms with Gasteiger partial charge in [0.2, 0.25) is 5.91 Å². The SMILES string of the molecule is CC(C)COc1ccc(CC(=O)Nc2nccs2)cc1. The molecule has 20 heavy (non-hydrogen) atoms. The lowest BCUT2D eigenvalue weighted by Crippen LogP contribution is -2.14. The van der Waals surface area contributed by atoms with Crippen molar-refractivity contribution in [1.82, 2.24) is 4.98 Å². The molecule has 106 valence electrons. The molecular formula is C15H18N2O2S. The first-order chi connectivity index (χ1) is 9.63. The Balaban J connectivity index is 1.85. The van der Waals surface area contributed by atoms with Crippen molar-refractivity contribution in [3.63, 3.8) is 0 Å². The van der Waals surface area contributed by atoms with E-state index in [1.54, 1.807) is 6.20 Å². The van der Waals surface area contributed by atoms with Gasteiger partial charge in [-0.3, -0.25) is 4.79 Å². The Bertz CT molecular complexity index is 536. The summed E-state index contributed by atoms with van der Waals surface area (Å²) in [5.41, 5.74) is 0.955. The maximum absolute atomic E-state index is 11.8. The third-order valence-corrected chi connectivity index (χ3v) is 3.24. The summed E-state index contributed by atoms with van der Waals surface area (Å²) >= 11 is 1.41. The van der Waals surface area contributed by atoms with E-state index in [2.05, 4.69) is 24.1 Å². The van der Waals surface area contributed by atoms with Gasteiger partial charge in [-0.05, 0) is 23.6 Å². The van der Waals surface area contributed by atoms with Gasteiger partial charge in [0.15, 0.2) is 5.13 Å². The first-order valence-corrected chi connectivity index (χ1v) is 7.42. The molecule has 0 saturated carbocycles. The van der Waals surface area contributed by atoms with Crippen LogP contribution in [0.4, 0.5) is 5.13 Å². The molecule has 0 unspecified atom stereocenters. The molecule has 0 spiro atoms. The molecule has 1 aromatic heterocycles. The number of amides is 1. The number of aromatic nitrogens is 1. The van der Waals surface area contributed by atoms with Crippen LogP contribution in [0.5, 0.6) is 5.75 Å². The number of nitrogens with zero attached hydrogens (tertiary/aromatic N) is 1. The first-order valence-electron chi connectivity index (χ1n) is 6.54. The quantitative estimate of drug-likeness (QED) is 0.887. The van der Waals surface area contributed by atoms with E-state index in [1.165, 1.54) is 11.3 Å². The minimum absolute atomic E-state index is 0.0594. The number of anilines is 1. The average molecular weight is 290 g/mol. The largest absolute Gasteiger partial charge is 0.493 e. The van der Waals surface area contributed by atoms with Crippen LogP contribution < -0.4 is 10.1 Å². The predicted molar refractivity (Wildman–Crippen MR) is 81.2 cm³/mol. The fraction of sp³-hybridized carbons (Fsp3) is 0.333. The molecule has 1 N–H and O–H groups in total. The average Bonchev–Trinajstić information content (AvgIpc) is 2.90. The van der Waals surface area contributed by atoms with Crippen LogP contribution in [0.1, 0.15) is 19.4 Å². The van der Waals surface area contributed by atoms with Gasteiger partial charge in [-0.2, -0.15) is 0 Å². The number of thiazole rings is 1. The van der Waals surface area contributed by atoms with Crippen molar-refractivity contribution in [3.05, 3.63) is 41.4 Å². The zero-order valence-electron chi connectivity index (χ0n) is 11.6. The van der Waals surface area contributed by atoms with Gasteiger partial charge in [-0.25, -0.2) is 4.98 Å². The van der Waals surface area contributed by atoms with Crippen LogP contribution >= 0.6 is 11.3 Å². The van der Waals surface area contributed by atoms with E-state index in [0.29, 0.717) is 24.1 Å². The van der Waals surface area contributed by atoms with Gasteiger partial charge < -0.3 is 10.1 Å². The molecule has 0 aliphatic carbocycles. The van der Waals surface area contributed by atoms with Crippen LogP contribution in [-0.2, 0) is 11.2 Å². The molecular weight excluding hydrogens is 272 g/mol. The predicted octanol–water partition coefficient (Wildman–Crippen LogP) is 3.36. The van der Waals surface area contributed by atoms with Crippen LogP contribution in [0, 0.1) is 5.92 Å². The molecule has 0 radical (unpaired) electrons. The third-order valence-electron chi connectivity index (χ3n) is 2.55. The summed E-state index contributed by atoms with van der Waals surface area (Å²) < 4.78 is 5.60. The number of carbonyl (C=O) groups is 1. The number of carbonyl (C=O) groups excluding carboxylic acids is 1. The van der Waals surface area contributed by atoms with Crippen LogP contribution in [0.25, 0.3) is 0 Å². The van der Waals surface area contributed by atoms with Crippen molar-refractivity contribution in [1.29, 1.82) is 0 Å². The molecule has 2 aromatic rings. The van der Waals surface area contributed by atoms with Crippen molar-refractivity contribution in [2.75, 3.05) is 11.9 Å². The summed E-state index contributed by atoms with van der Waals surface area (Å²) in [6.45, 7) is 4.92. The maximum Gasteiger partial charge on any atom is 0.230 e. The number of ether oxygens (including phenoxy) is 1. The van der Waals surface area contributed by atoms with E-state index in [-0.39, 0.29) is 5.91 Å². The van der Waals surface area contributed by atoms with E-state index >= 15 is 0 Å². The lowest BCUT2D eigenvalue weighted by atomic mass is 10.1. The lowest BCUT2D eigenvalue weighted by molar-refractivity contribution is -0.115. The number of nitrogens with one attached hydrogen (secondary N) is 1. The summed E-state index contributed by atoms with van der Waals surface area (Å²) in [5, 5.41) is 5.22. The van der Waals surface area contributed by atoms with E-state index in [0.717, 1.165) is 11.3 Å². The van der Waals surface area contributed by atoms with Gasteiger partial charge in [0, 0.05) is 11.6 Å². The molecule has 0 aliphatic rings. The van der Waals surface area contributed by atoms with E-state index in [1.807, 2.05) is 29.6 Å². The second kappa shape index (κ2) is 7.05. The molecule has 0 saturated heterocycles. The van der Waals surface area contributed by atoms with Crippen molar-refractivity contribution in [2.45, 2.75) is 20.3 Å². The molecule has 0 fully saturated rings. The van der Waals surface area contributed by atoms with Gasteiger partial charge in [-0.1, -0.05) is 26.0 Å². The Morgan fingerprint density at radius 3 is 2.70 bits per heavy atom. The summed E-state index contributed by atoms with van der Waals surface area (Å²) in [6.07, 6.45) is 2.01. The van der Waals surface area contributed by atoms with E-state index in [4.69, 9.17) is 4.74 Å². The Morgan fingerprint density at radius 2 is 2.10 bits per heavy atom. The minimum atomic E-state index is -0.0594. The Morgan fingerprint density at radius 1 is 1.35 bits per heavy atom. The normalized spacial score (nSPS) is 10.6. The van der Waals surface area contributed by atoms with Crippen LogP contribution in [0.3, 0.4) is 0 Å². The highest BCUT2D eigenvalue weighted by Crippen LogP contribution is 2.15. The monoisotopic (exact) mass is 290 g/mol. The molecule has 1 heterocycles. The van der Waals surface area contributed by atoms with Crippen molar-refractivity contribution in [2.24, 2.45) is 5.92 Å². The maximum atomic E-state index is 11.8. The highest BCUT2D eigenvalue weighted by atomic mass is 32.1. The van der Waals surface area contributed by atoms with E-state index < -0.39 is 0 Å². The van der Waals surface area contributed by atoms with Crippen molar-refractivity contribution >= 4 is 22.4 Å². The van der Waals surface area contributed by atoms with Crippen LogP contribution in [-0.4, -0.2) is 17.5 Å². The third kappa shape index (κ3) is 4.66. The molecule has 0 atom stereocenters. The van der Waals surface area contributed by atoms with Crippen molar-refractivity contribution < 1.29 is 9.53 Å². The second-order valence-corrected chi connectivity index (χ2v) is 5.81. The number of hydrogen-bond acceptors (Lipinski definition) is 4. The molecule has 0 aliphatic heterocycles. The lowest BCUT2D eigenvalue weighted by Gasteiger charge is -2.09. The molecule has 5 heteroatoms. The van der Waals surface area contributed by atoms with Gasteiger partial charge in [0.1, 0.15) is 5.75 Å².